The molecule has 0 radical (unpaired) electrons. The summed E-state index contributed by atoms with van der Waals surface area (Å²) >= 11 is 0. The van der Waals surface area contributed by atoms with Gasteiger partial charge in [-0.05, 0) is 58.4 Å². The van der Waals surface area contributed by atoms with Crippen molar-refractivity contribution < 1.29 is 9.53 Å². The molecule has 1 aromatic carbocycles. The number of ketones is 1. The zero-order valence-corrected chi connectivity index (χ0v) is 12.3. The summed E-state index contributed by atoms with van der Waals surface area (Å²) in [6, 6.07) is 8.03. The predicted molar refractivity (Wildman–Crippen MR) is 77.9 cm³/mol. The molecule has 1 aliphatic rings. The molecule has 1 fully saturated rings. The molecule has 0 unspecified atom stereocenters. The van der Waals surface area contributed by atoms with Crippen LogP contribution in [-0.2, 0) is 4.79 Å². The van der Waals surface area contributed by atoms with Crippen LogP contribution in [0.3, 0.4) is 0 Å². The number of ether oxygens (including phenoxy) is 1. The monoisotopic (exact) mass is 261 g/mol. The van der Waals surface area contributed by atoms with Crippen molar-refractivity contribution in [2.24, 2.45) is 0 Å². The Hall–Kier alpha value is -1.51. The molecule has 0 bridgehead atoms. The Bertz CT molecular complexity index is 448. The molecule has 1 aromatic rings. The van der Waals surface area contributed by atoms with E-state index in [2.05, 4.69) is 4.90 Å². The second-order valence-electron chi connectivity index (χ2n) is 5.90. The van der Waals surface area contributed by atoms with Crippen LogP contribution in [0.4, 0.5) is 5.69 Å². The van der Waals surface area contributed by atoms with Gasteiger partial charge in [-0.3, -0.25) is 4.79 Å². The van der Waals surface area contributed by atoms with Gasteiger partial charge in [-0.1, -0.05) is 0 Å². The van der Waals surface area contributed by atoms with Gasteiger partial charge in [0.15, 0.2) is 5.78 Å². The highest BCUT2D eigenvalue weighted by Gasteiger charge is 2.37. The van der Waals surface area contributed by atoms with E-state index in [1.165, 1.54) is 0 Å². The average molecular weight is 261 g/mol. The molecule has 0 spiro atoms. The van der Waals surface area contributed by atoms with E-state index in [1.807, 2.05) is 52.0 Å². The summed E-state index contributed by atoms with van der Waals surface area (Å²) in [4.78, 5) is 14.2. The standard InChI is InChI=1S/C16H23NO2/c1-12(2)19-14-9-7-13(8-10-14)17-11-5-6-15(18)16(17,3)4/h7-10,12H,5-6,11H2,1-4H3. The summed E-state index contributed by atoms with van der Waals surface area (Å²) in [7, 11) is 0. The van der Waals surface area contributed by atoms with E-state index >= 15 is 0 Å². The molecule has 3 nitrogen and oxygen atoms in total. The van der Waals surface area contributed by atoms with E-state index in [4.69, 9.17) is 4.74 Å². The lowest BCUT2D eigenvalue weighted by atomic mass is 9.88. The Morgan fingerprint density at radius 2 is 1.84 bits per heavy atom. The molecular weight excluding hydrogens is 238 g/mol. The fraction of sp³-hybridized carbons (Fsp3) is 0.562. The first-order chi connectivity index (χ1) is 8.91. The van der Waals surface area contributed by atoms with Crippen LogP contribution < -0.4 is 9.64 Å². The van der Waals surface area contributed by atoms with Gasteiger partial charge in [-0.25, -0.2) is 0 Å². The zero-order valence-electron chi connectivity index (χ0n) is 12.3. The first-order valence-corrected chi connectivity index (χ1v) is 6.99. The van der Waals surface area contributed by atoms with Crippen molar-refractivity contribution in [3.05, 3.63) is 24.3 Å². The van der Waals surface area contributed by atoms with E-state index < -0.39 is 5.54 Å². The largest absolute Gasteiger partial charge is 0.491 e. The fourth-order valence-electron chi connectivity index (χ4n) is 2.56. The van der Waals surface area contributed by atoms with Crippen molar-refractivity contribution in [2.75, 3.05) is 11.4 Å². The molecule has 1 heterocycles. The molecule has 2 rings (SSSR count). The third-order valence-corrected chi connectivity index (χ3v) is 3.66. The van der Waals surface area contributed by atoms with Crippen LogP contribution in [-0.4, -0.2) is 24.0 Å². The Morgan fingerprint density at radius 3 is 2.42 bits per heavy atom. The number of rotatable bonds is 3. The first-order valence-electron chi connectivity index (χ1n) is 6.99. The predicted octanol–water partition coefficient (Wildman–Crippen LogP) is 3.42. The van der Waals surface area contributed by atoms with Crippen molar-refractivity contribution in [2.45, 2.75) is 52.2 Å². The number of anilines is 1. The van der Waals surface area contributed by atoms with Gasteiger partial charge in [-0.15, -0.1) is 0 Å². The van der Waals surface area contributed by atoms with Crippen LogP contribution in [0.25, 0.3) is 0 Å². The molecule has 0 aromatic heterocycles. The van der Waals surface area contributed by atoms with E-state index in [0.29, 0.717) is 12.2 Å². The normalized spacial score (nSPS) is 18.8. The Kier molecular flexibility index (Phi) is 3.83. The highest BCUT2D eigenvalue weighted by molar-refractivity contribution is 5.92. The lowest BCUT2D eigenvalue weighted by molar-refractivity contribution is -0.124. The van der Waals surface area contributed by atoms with Gasteiger partial charge in [0.05, 0.1) is 11.6 Å². The molecule has 1 saturated heterocycles. The first kappa shape index (κ1) is 13.9. The summed E-state index contributed by atoms with van der Waals surface area (Å²) in [5.41, 5.74) is 0.688. The van der Waals surface area contributed by atoms with Crippen LogP contribution >= 0.6 is 0 Å². The van der Waals surface area contributed by atoms with Gasteiger partial charge in [-0.2, -0.15) is 0 Å². The number of carbonyl (C=O) groups excluding carboxylic acids is 1. The third kappa shape index (κ3) is 2.91. The summed E-state index contributed by atoms with van der Waals surface area (Å²) in [6.07, 6.45) is 1.81. The molecule has 19 heavy (non-hydrogen) atoms. The zero-order chi connectivity index (χ0) is 14.0. The maximum Gasteiger partial charge on any atom is 0.157 e. The number of piperidine rings is 1. The minimum absolute atomic E-state index is 0.179. The minimum atomic E-state index is -0.404. The number of carbonyl (C=O) groups is 1. The van der Waals surface area contributed by atoms with Crippen molar-refractivity contribution in [1.29, 1.82) is 0 Å². The molecule has 0 N–H and O–H groups in total. The summed E-state index contributed by atoms with van der Waals surface area (Å²) in [5.74, 6) is 1.20. The SMILES string of the molecule is CC(C)Oc1ccc(N2CCCC(=O)C2(C)C)cc1. The van der Waals surface area contributed by atoms with Crippen molar-refractivity contribution in [3.8, 4) is 5.75 Å². The topological polar surface area (TPSA) is 29.5 Å². The Balaban J connectivity index is 2.19. The van der Waals surface area contributed by atoms with E-state index in [-0.39, 0.29) is 6.10 Å². The molecule has 0 amide bonds. The average Bonchev–Trinajstić information content (AvgIpc) is 2.33. The molecule has 0 aliphatic carbocycles. The number of hydrogen-bond donors (Lipinski definition) is 0. The smallest absolute Gasteiger partial charge is 0.157 e. The van der Waals surface area contributed by atoms with Crippen LogP contribution in [0, 0.1) is 0 Å². The van der Waals surface area contributed by atoms with E-state index in [0.717, 1.165) is 24.4 Å². The van der Waals surface area contributed by atoms with Crippen LogP contribution in [0.5, 0.6) is 5.75 Å². The van der Waals surface area contributed by atoms with Crippen LogP contribution in [0.2, 0.25) is 0 Å². The minimum Gasteiger partial charge on any atom is -0.491 e. The summed E-state index contributed by atoms with van der Waals surface area (Å²) in [5, 5.41) is 0. The number of benzene rings is 1. The molecule has 1 aliphatic heterocycles. The van der Waals surface area contributed by atoms with Crippen molar-refractivity contribution >= 4 is 11.5 Å². The van der Waals surface area contributed by atoms with E-state index in [1.54, 1.807) is 0 Å². The molecule has 0 saturated carbocycles. The Morgan fingerprint density at radius 1 is 1.21 bits per heavy atom. The maximum absolute atomic E-state index is 12.0. The van der Waals surface area contributed by atoms with Crippen LogP contribution in [0.15, 0.2) is 24.3 Å². The molecule has 0 atom stereocenters. The number of Topliss-reactive ketones (excluding diaryl/α,β-unsaturated/α-hetero) is 1. The lowest BCUT2D eigenvalue weighted by Gasteiger charge is -2.42. The quantitative estimate of drug-likeness (QED) is 0.835. The number of hydrogen-bond acceptors (Lipinski definition) is 3. The van der Waals surface area contributed by atoms with Gasteiger partial charge >= 0.3 is 0 Å². The van der Waals surface area contributed by atoms with Gasteiger partial charge < -0.3 is 9.64 Å². The van der Waals surface area contributed by atoms with Gasteiger partial charge in [0.1, 0.15) is 5.75 Å². The van der Waals surface area contributed by atoms with Crippen molar-refractivity contribution in [3.63, 3.8) is 0 Å². The summed E-state index contributed by atoms with van der Waals surface area (Å²) < 4.78 is 5.64. The lowest BCUT2D eigenvalue weighted by Crippen LogP contribution is -2.54. The van der Waals surface area contributed by atoms with Crippen LogP contribution in [0.1, 0.15) is 40.5 Å². The molecule has 104 valence electrons. The Labute approximate surface area is 115 Å². The number of nitrogens with zero attached hydrogens (tertiary/aromatic N) is 1. The molecule has 3 heteroatoms. The third-order valence-electron chi connectivity index (χ3n) is 3.66. The fourth-order valence-corrected chi connectivity index (χ4v) is 2.56. The second-order valence-corrected chi connectivity index (χ2v) is 5.90. The van der Waals surface area contributed by atoms with Gasteiger partial charge in [0.25, 0.3) is 0 Å². The van der Waals surface area contributed by atoms with Gasteiger partial charge in [0, 0.05) is 18.7 Å². The summed E-state index contributed by atoms with van der Waals surface area (Å²) in [6.45, 7) is 8.98. The highest BCUT2D eigenvalue weighted by atomic mass is 16.5. The second kappa shape index (κ2) is 5.24. The van der Waals surface area contributed by atoms with Gasteiger partial charge in [0.2, 0.25) is 0 Å². The van der Waals surface area contributed by atoms with Crippen molar-refractivity contribution in [1.82, 2.24) is 0 Å². The molecular formula is C16H23NO2. The van der Waals surface area contributed by atoms with E-state index in [9.17, 15) is 4.79 Å². The highest BCUT2D eigenvalue weighted by Crippen LogP contribution is 2.31. The maximum atomic E-state index is 12.0.